The zero-order chi connectivity index (χ0) is 12.3. The molecular weight excluding hydrogens is 239 g/mol. The second-order valence-corrected chi connectivity index (χ2v) is 5.06. The maximum absolute atomic E-state index is 12.0. The van der Waals surface area contributed by atoms with Crippen LogP contribution in [-0.2, 0) is 0 Å². The van der Waals surface area contributed by atoms with Crippen LogP contribution in [0.25, 0.3) is 0 Å². The van der Waals surface area contributed by atoms with Gasteiger partial charge in [-0.3, -0.25) is 5.32 Å². The molecule has 0 fully saturated rings. The summed E-state index contributed by atoms with van der Waals surface area (Å²) in [6, 6.07) is 1.16. The van der Waals surface area contributed by atoms with Crippen molar-refractivity contribution < 1.29 is 18.3 Å². The van der Waals surface area contributed by atoms with E-state index >= 15 is 0 Å². The van der Waals surface area contributed by atoms with Gasteiger partial charge in [0.05, 0.1) is 19.2 Å². The van der Waals surface area contributed by atoms with Crippen molar-refractivity contribution in [2.45, 2.75) is 26.1 Å². The summed E-state index contributed by atoms with van der Waals surface area (Å²) in [5.41, 5.74) is 0.745. The van der Waals surface area contributed by atoms with Gasteiger partial charge in [0.1, 0.15) is 0 Å². The van der Waals surface area contributed by atoms with Gasteiger partial charge in [-0.25, -0.2) is 0 Å². The van der Waals surface area contributed by atoms with Gasteiger partial charge < -0.3 is 5.11 Å². The fourth-order valence-corrected chi connectivity index (χ4v) is 2.50. The minimum Gasteiger partial charge on any atom is -0.394 e. The minimum absolute atomic E-state index is 0.340. The summed E-state index contributed by atoms with van der Waals surface area (Å²) < 4.78 is 36.1. The number of hydrogen-bond donors (Lipinski definition) is 2. The Bertz CT molecular complexity index is 348. The molecule has 2 N–H and O–H groups in total. The van der Waals surface area contributed by atoms with E-state index in [4.69, 9.17) is 5.11 Å². The Morgan fingerprint density at radius 3 is 2.44 bits per heavy atom. The third-order valence-electron chi connectivity index (χ3n) is 2.19. The van der Waals surface area contributed by atoms with Gasteiger partial charge in [0.15, 0.2) is 0 Å². The quantitative estimate of drug-likeness (QED) is 0.864. The van der Waals surface area contributed by atoms with Crippen molar-refractivity contribution in [2.24, 2.45) is 0 Å². The molecule has 1 unspecified atom stereocenters. The number of hydrogen-bond acceptors (Lipinski definition) is 3. The first-order valence-electron chi connectivity index (χ1n) is 4.81. The Morgan fingerprint density at radius 2 is 2.06 bits per heavy atom. The molecular formula is C10H14F3NOS. The highest BCUT2D eigenvalue weighted by Gasteiger charge is 2.28. The number of thiophene rings is 1. The topological polar surface area (TPSA) is 32.3 Å². The van der Waals surface area contributed by atoms with E-state index in [2.05, 4.69) is 5.32 Å². The Morgan fingerprint density at radius 1 is 1.44 bits per heavy atom. The van der Waals surface area contributed by atoms with Gasteiger partial charge in [-0.15, -0.1) is 11.3 Å². The number of aliphatic hydroxyl groups is 1. The van der Waals surface area contributed by atoms with Crippen LogP contribution >= 0.6 is 11.3 Å². The van der Waals surface area contributed by atoms with E-state index in [0.29, 0.717) is 0 Å². The maximum Gasteiger partial charge on any atom is 0.401 e. The van der Waals surface area contributed by atoms with Gasteiger partial charge in [0.25, 0.3) is 0 Å². The summed E-state index contributed by atoms with van der Waals surface area (Å²) in [7, 11) is 0. The molecule has 0 aliphatic carbocycles. The number of aryl methyl sites for hydroxylation is 2. The van der Waals surface area contributed by atoms with Gasteiger partial charge in [-0.1, -0.05) is 0 Å². The summed E-state index contributed by atoms with van der Waals surface area (Å²) in [6.07, 6.45) is -4.26. The number of aliphatic hydroxyl groups excluding tert-OH is 1. The molecule has 1 atom stereocenters. The molecule has 1 aromatic rings. The van der Waals surface area contributed by atoms with E-state index in [9.17, 15) is 13.2 Å². The zero-order valence-corrected chi connectivity index (χ0v) is 9.87. The van der Waals surface area contributed by atoms with Gasteiger partial charge in [-0.05, 0) is 25.5 Å². The average molecular weight is 253 g/mol. The molecule has 16 heavy (non-hydrogen) atoms. The fraction of sp³-hybridized carbons (Fsp3) is 0.600. The molecule has 6 heteroatoms. The summed E-state index contributed by atoms with van der Waals surface area (Å²) in [5, 5.41) is 11.4. The first kappa shape index (κ1) is 13.5. The molecule has 0 spiro atoms. The van der Waals surface area contributed by atoms with Crippen LogP contribution in [0.2, 0.25) is 0 Å². The number of halogens is 3. The highest BCUT2D eigenvalue weighted by molar-refractivity contribution is 7.12. The summed E-state index contributed by atoms with van der Waals surface area (Å²) >= 11 is 1.51. The largest absolute Gasteiger partial charge is 0.401 e. The summed E-state index contributed by atoms with van der Waals surface area (Å²) in [5.74, 6) is 0. The van der Waals surface area contributed by atoms with Crippen molar-refractivity contribution in [3.05, 3.63) is 21.4 Å². The van der Waals surface area contributed by atoms with Crippen LogP contribution in [0.5, 0.6) is 0 Å². The maximum atomic E-state index is 12.0. The summed E-state index contributed by atoms with van der Waals surface area (Å²) in [4.78, 5) is 1.96. The first-order valence-corrected chi connectivity index (χ1v) is 5.63. The molecule has 2 nitrogen and oxygen atoms in total. The van der Waals surface area contributed by atoms with Crippen LogP contribution < -0.4 is 5.32 Å². The Kier molecular flexibility index (Phi) is 4.35. The number of nitrogens with one attached hydrogen (secondary N) is 1. The lowest BCUT2D eigenvalue weighted by Crippen LogP contribution is -2.33. The molecule has 0 aliphatic rings. The molecule has 0 amide bonds. The monoisotopic (exact) mass is 253 g/mol. The molecule has 1 aromatic heterocycles. The molecule has 0 radical (unpaired) electrons. The minimum atomic E-state index is -4.26. The molecule has 0 aliphatic heterocycles. The fourth-order valence-electron chi connectivity index (χ4n) is 1.51. The highest BCUT2D eigenvalue weighted by atomic mass is 32.1. The number of alkyl halides is 3. The Balaban J connectivity index is 2.71. The van der Waals surface area contributed by atoms with Crippen LogP contribution in [0.3, 0.4) is 0 Å². The Labute approximate surface area is 96.1 Å². The van der Waals surface area contributed by atoms with E-state index in [1.165, 1.54) is 11.3 Å². The lowest BCUT2D eigenvalue weighted by atomic mass is 10.1. The first-order chi connectivity index (χ1) is 7.33. The molecule has 1 rings (SSSR count). The Hall–Kier alpha value is -0.590. The predicted octanol–water partition coefficient (Wildman–Crippen LogP) is 2.55. The molecule has 0 saturated heterocycles. The normalized spacial score (nSPS) is 14.1. The second kappa shape index (κ2) is 5.16. The van der Waals surface area contributed by atoms with Crippen molar-refractivity contribution in [3.63, 3.8) is 0 Å². The smallest absolute Gasteiger partial charge is 0.394 e. The van der Waals surface area contributed by atoms with Crippen LogP contribution in [-0.4, -0.2) is 24.4 Å². The van der Waals surface area contributed by atoms with Gasteiger partial charge in [-0.2, -0.15) is 13.2 Å². The van der Waals surface area contributed by atoms with Crippen LogP contribution in [0.4, 0.5) is 13.2 Å². The average Bonchev–Trinajstić information content (AvgIpc) is 2.45. The lowest BCUT2D eigenvalue weighted by molar-refractivity contribution is -0.126. The lowest BCUT2D eigenvalue weighted by Gasteiger charge is -2.17. The van der Waals surface area contributed by atoms with Crippen molar-refractivity contribution in [1.29, 1.82) is 0 Å². The molecule has 0 aromatic carbocycles. The van der Waals surface area contributed by atoms with Crippen LogP contribution in [0.15, 0.2) is 6.07 Å². The van der Waals surface area contributed by atoms with Crippen molar-refractivity contribution >= 4 is 11.3 Å². The van der Waals surface area contributed by atoms with Crippen LogP contribution in [0, 0.1) is 13.8 Å². The number of rotatable bonds is 4. The highest BCUT2D eigenvalue weighted by Crippen LogP contribution is 2.26. The zero-order valence-electron chi connectivity index (χ0n) is 9.06. The van der Waals surface area contributed by atoms with Crippen molar-refractivity contribution in [1.82, 2.24) is 5.32 Å². The molecule has 0 saturated carbocycles. The third kappa shape index (κ3) is 3.77. The van der Waals surface area contributed by atoms with E-state index in [0.717, 1.165) is 15.3 Å². The second-order valence-electron chi connectivity index (χ2n) is 3.60. The van der Waals surface area contributed by atoms with Crippen molar-refractivity contribution in [3.8, 4) is 0 Å². The van der Waals surface area contributed by atoms with Crippen LogP contribution in [0.1, 0.15) is 21.4 Å². The molecule has 0 bridgehead atoms. The van der Waals surface area contributed by atoms with Crippen molar-refractivity contribution in [2.75, 3.05) is 13.2 Å². The molecule has 1 heterocycles. The SMILES string of the molecule is Cc1cc(C(CO)NCC(F)(F)F)c(C)s1. The molecule has 92 valence electrons. The standard InChI is InChI=1S/C10H14F3NOS/c1-6-3-8(7(2)16-6)9(4-15)14-5-10(11,12)13/h3,9,14-15H,4-5H2,1-2H3. The third-order valence-corrected chi connectivity index (χ3v) is 3.17. The van der Waals surface area contributed by atoms with Gasteiger partial charge in [0.2, 0.25) is 0 Å². The van der Waals surface area contributed by atoms with Gasteiger partial charge >= 0.3 is 6.18 Å². The van der Waals surface area contributed by atoms with E-state index in [1.807, 2.05) is 19.9 Å². The van der Waals surface area contributed by atoms with E-state index < -0.39 is 18.8 Å². The predicted molar refractivity (Wildman–Crippen MR) is 57.7 cm³/mol. The summed E-state index contributed by atoms with van der Waals surface area (Å²) in [6.45, 7) is 2.30. The van der Waals surface area contributed by atoms with E-state index in [-0.39, 0.29) is 6.61 Å². The van der Waals surface area contributed by atoms with Gasteiger partial charge in [0, 0.05) is 9.75 Å². The van der Waals surface area contributed by atoms with E-state index in [1.54, 1.807) is 0 Å².